The third kappa shape index (κ3) is 6.81. The summed E-state index contributed by atoms with van der Waals surface area (Å²) >= 11 is 0. The summed E-state index contributed by atoms with van der Waals surface area (Å²) < 4.78 is 5.67. The number of halogens is 1. The molecule has 5 nitrogen and oxygen atoms in total. The van der Waals surface area contributed by atoms with Crippen LogP contribution in [0.4, 0.5) is 0 Å². The summed E-state index contributed by atoms with van der Waals surface area (Å²) in [5, 5.41) is 6.67. The van der Waals surface area contributed by atoms with Crippen molar-refractivity contribution in [3.05, 3.63) is 23.9 Å². The predicted octanol–water partition coefficient (Wildman–Crippen LogP) is 2.95. The molecular weight excluding hydrogens is 391 g/mol. The van der Waals surface area contributed by atoms with E-state index in [9.17, 15) is 0 Å². The number of rotatable bonds is 8. The van der Waals surface area contributed by atoms with Gasteiger partial charge >= 0.3 is 0 Å². The van der Waals surface area contributed by atoms with Gasteiger partial charge in [0.25, 0.3) is 0 Å². The second-order valence-corrected chi connectivity index (χ2v) is 5.34. The lowest BCUT2D eigenvalue weighted by Gasteiger charge is -2.12. The lowest BCUT2D eigenvalue weighted by molar-refractivity contribution is 0.302. The zero-order valence-electron chi connectivity index (χ0n) is 13.5. The highest BCUT2D eigenvalue weighted by Crippen LogP contribution is 2.27. The molecule has 1 aliphatic carbocycles. The number of hydrogen-bond acceptors (Lipinski definition) is 3. The maximum Gasteiger partial charge on any atom is 0.218 e. The molecule has 0 amide bonds. The summed E-state index contributed by atoms with van der Waals surface area (Å²) in [6.07, 6.45) is 5.41. The zero-order chi connectivity index (χ0) is 14.9. The number of aromatic nitrogens is 1. The molecule has 2 rings (SSSR count). The van der Waals surface area contributed by atoms with Crippen LogP contribution in [-0.4, -0.2) is 30.6 Å². The van der Waals surface area contributed by atoms with Gasteiger partial charge in [-0.1, -0.05) is 13.0 Å². The third-order valence-electron chi connectivity index (χ3n) is 3.30. The summed E-state index contributed by atoms with van der Waals surface area (Å²) in [5.41, 5.74) is 1.02. The SMILES string of the molecule is CCCOc1ncccc1CN=C(NCC)NCC1CC1.I. The molecule has 0 atom stereocenters. The molecule has 1 aromatic rings. The van der Waals surface area contributed by atoms with E-state index in [4.69, 9.17) is 4.74 Å². The minimum absolute atomic E-state index is 0. The first kappa shape index (κ1) is 19.0. The molecule has 1 fully saturated rings. The molecule has 0 aromatic carbocycles. The number of ether oxygens (including phenoxy) is 1. The minimum atomic E-state index is 0. The van der Waals surface area contributed by atoms with Crippen LogP contribution in [0.1, 0.15) is 38.7 Å². The van der Waals surface area contributed by atoms with Crippen molar-refractivity contribution in [2.75, 3.05) is 19.7 Å². The van der Waals surface area contributed by atoms with Crippen LogP contribution >= 0.6 is 24.0 Å². The summed E-state index contributed by atoms with van der Waals surface area (Å²) in [5.74, 6) is 2.39. The van der Waals surface area contributed by atoms with Gasteiger partial charge in [-0.2, -0.15) is 0 Å². The Morgan fingerprint density at radius 2 is 2.18 bits per heavy atom. The third-order valence-corrected chi connectivity index (χ3v) is 3.30. The maximum atomic E-state index is 5.67. The highest BCUT2D eigenvalue weighted by Gasteiger charge is 2.21. The van der Waals surface area contributed by atoms with Gasteiger partial charge in [0.2, 0.25) is 5.88 Å². The topological polar surface area (TPSA) is 58.5 Å². The first-order valence-corrected chi connectivity index (χ1v) is 7.92. The van der Waals surface area contributed by atoms with Crippen molar-refractivity contribution in [3.63, 3.8) is 0 Å². The highest BCUT2D eigenvalue weighted by molar-refractivity contribution is 14.0. The molecule has 124 valence electrons. The van der Waals surface area contributed by atoms with Gasteiger partial charge in [0, 0.05) is 24.8 Å². The van der Waals surface area contributed by atoms with Gasteiger partial charge in [0.1, 0.15) is 0 Å². The van der Waals surface area contributed by atoms with Crippen LogP contribution in [-0.2, 0) is 6.54 Å². The van der Waals surface area contributed by atoms with E-state index in [-0.39, 0.29) is 24.0 Å². The van der Waals surface area contributed by atoms with Gasteiger partial charge in [-0.05, 0) is 38.2 Å². The van der Waals surface area contributed by atoms with Crippen molar-refractivity contribution in [2.45, 2.75) is 39.7 Å². The fourth-order valence-electron chi connectivity index (χ4n) is 1.94. The average molecular weight is 418 g/mol. The molecule has 0 spiro atoms. The van der Waals surface area contributed by atoms with E-state index in [2.05, 4.69) is 34.5 Å². The number of hydrogen-bond donors (Lipinski definition) is 2. The van der Waals surface area contributed by atoms with Crippen molar-refractivity contribution in [2.24, 2.45) is 10.9 Å². The summed E-state index contributed by atoms with van der Waals surface area (Å²) in [4.78, 5) is 8.92. The molecule has 1 heterocycles. The number of nitrogens with zero attached hydrogens (tertiary/aromatic N) is 2. The van der Waals surface area contributed by atoms with Crippen molar-refractivity contribution in [1.29, 1.82) is 0 Å². The lowest BCUT2D eigenvalue weighted by Crippen LogP contribution is -2.38. The Hall–Kier alpha value is -1.05. The van der Waals surface area contributed by atoms with E-state index in [1.807, 2.05) is 12.1 Å². The van der Waals surface area contributed by atoms with Crippen LogP contribution in [0.2, 0.25) is 0 Å². The van der Waals surface area contributed by atoms with Gasteiger partial charge < -0.3 is 15.4 Å². The van der Waals surface area contributed by atoms with E-state index in [0.717, 1.165) is 37.0 Å². The van der Waals surface area contributed by atoms with Crippen LogP contribution in [0.5, 0.6) is 5.88 Å². The molecule has 0 radical (unpaired) electrons. The molecule has 0 unspecified atom stereocenters. The second-order valence-electron chi connectivity index (χ2n) is 5.34. The fraction of sp³-hybridized carbons (Fsp3) is 0.625. The normalized spacial score (nSPS) is 14.2. The van der Waals surface area contributed by atoms with Crippen molar-refractivity contribution >= 4 is 29.9 Å². The molecule has 0 bridgehead atoms. The number of aliphatic imine (C=N–C) groups is 1. The molecule has 1 aliphatic rings. The number of pyridine rings is 1. The Labute approximate surface area is 150 Å². The van der Waals surface area contributed by atoms with Crippen molar-refractivity contribution in [1.82, 2.24) is 15.6 Å². The van der Waals surface area contributed by atoms with Crippen LogP contribution in [0, 0.1) is 5.92 Å². The molecule has 0 saturated heterocycles. The maximum absolute atomic E-state index is 5.67. The number of guanidine groups is 1. The molecular formula is C16H27IN4O. The first-order valence-electron chi connectivity index (χ1n) is 7.92. The lowest BCUT2D eigenvalue weighted by atomic mass is 10.3. The molecule has 6 heteroatoms. The number of nitrogens with one attached hydrogen (secondary N) is 2. The highest BCUT2D eigenvalue weighted by atomic mass is 127. The van der Waals surface area contributed by atoms with Crippen molar-refractivity contribution < 1.29 is 4.74 Å². The standard InChI is InChI=1S/C16H26N4O.HI/c1-3-10-21-15-14(6-5-9-18-15)12-20-16(17-4-2)19-11-13-7-8-13;/h5-6,9,13H,3-4,7-8,10-12H2,1-2H3,(H2,17,19,20);1H. The molecule has 0 aliphatic heterocycles. The fourth-order valence-corrected chi connectivity index (χ4v) is 1.94. The van der Waals surface area contributed by atoms with E-state index in [0.29, 0.717) is 19.0 Å². The summed E-state index contributed by atoms with van der Waals surface area (Å²) in [6.45, 7) is 7.31. The van der Waals surface area contributed by atoms with Crippen molar-refractivity contribution in [3.8, 4) is 5.88 Å². The molecule has 1 aromatic heterocycles. The summed E-state index contributed by atoms with van der Waals surface area (Å²) in [6, 6.07) is 3.94. The van der Waals surface area contributed by atoms with Gasteiger partial charge in [-0.25, -0.2) is 9.98 Å². The van der Waals surface area contributed by atoms with Gasteiger partial charge in [-0.15, -0.1) is 24.0 Å². The van der Waals surface area contributed by atoms with Gasteiger partial charge in [0.05, 0.1) is 13.2 Å². The monoisotopic (exact) mass is 418 g/mol. The quantitative estimate of drug-likeness (QED) is 0.387. The van der Waals surface area contributed by atoms with E-state index < -0.39 is 0 Å². The zero-order valence-corrected chi connectivity index (χ0v) is 15.8. The Balaban J connectivity index is 0.00000242. The van der Waals surface area contributed by atoms with E-state index >= 15 is 0 Å². The first-order chi connectivity index (χ1) is 10.3. The Morgan fingerprint density at radius 1 is 1.36 bits per heavy atom. The Morgan fingerprint density at radius 3 is 2.86 bits per heavy atom. The Kier molecular flexibility index (Phi) is 9.19. The van der Waals surface area contributed by atoms with Crippen LogP contribution in [0.25, 0.3) is 0 Å². The largest absolute Gasteiger partial charge is 0.477 e. The van der Waals surface area contributed by atoms with Crippen LogP contribution in [0.3, 0.4) is 0 Å². The second kappa shape index (κ2) is 10.6. The average Bonchev–Trinajstić information content (AvgIpc) is 3.33. The van der Waals surface area contributed by atoms with Crippen LogP contribution < -0.4 is 15.4 Å². The van der Waals surface area contributed by atoms with Crippen LogP contribution in [0.15, 0.2) is 23.3 Å². The van der Waals surface area contributed by atoms with Gasteiger partial charge in [-0.3, -0.25) is 0 Å². The smallest absolute Gasteiger partial charge is 0.218 e. The summed E-state index contributed by atoms with van der Waals surface area (Å²) in [7, 11) is 0. The van der Waals surface area contributed by atoms with Gasteiger partial charge in [0.15, 0.2) is 5.96 Å². The van der Waals surface area contributed by atoms with E-state index in [1.165, 1.54) is 12.8 Å². The Bertz CT molecular complexity index is 463. The van der Waals surface area contributed by atoms with E-state index in [1.54, 1.807) is 6.20 Å². The molecule has 22 heavy (non-hydrogen) atoms. The minimum Gasteiger partial charge on any atom is -0.477 e. The molecule has 1 saturated carbocycles. The molecule has 2 N–H and O–H groups in total. The predicted molar refractivity (Wildman–Crippen MR) is 101 cm³/mol.